The number of hydrogen-bond donors (Lipinski definition) is 1. The molecule has 104 valence electrons. The molecule has 0 aliphatic rings. The van der Waals surface area contributed by atoms with Crippen molar-refractivity contribution in [1.82, 2.24) is 14.5 Å². The summed E-state index contributed by atoms with van der Waals surface area (Å²) in [5, 5.41) is 6.62. The van der Waals surface area contributed by atoms with Crippen LogP contribution in [0.1, 0.15) is 32.2 Å². The lowest BCUT2D eigenvalue weighted by molar-refractivity contribution is 0.380. The number of hydrogen-bond acceptors (Lipinski definition) is 3. The van der Waals surface area contributed by atoms with Gasteiger partial charge in [0.2, 0.25) is 10.0 Å². The highest BCUT2D eigenvalue weighted by Crippen LogP contribution is 2.23. The molecule has 0 radical (unpaired) electrons. The molecule has 5 nitrogen and oxygen atoms in total. The van der Waals surface area contributed by atoms with Crippen molar-refractivity contribution in [3.05, 3.63) is 11.4 Å². The Labute approximate surface area is 114 Å². The van der Waals surface area contributed by atoms with E-state index in [9.17, 15) is 8.42 Å². The van der Waals surface area contributed by atoms with Gasteiger partial charge in [-0.25, -0.2) is 8.42 Å². The van der Waals surface area contributed by atoms with Gasteiger partial charge in [0.25, 0.3) is 0 Å². The van der Waals surface area contributed by atoms with Crippen LogP contribution in [0.15, 0.2) is 4.90 Å². The molecule has 1 heterocycles. The number of alkyl halides is 1. The molecule has 0 aliphatic heterocycles. The number of nitrogens with one attached hydrogen (secondary N) is 1. The van der Waals surface area contributed by atoms with Crippen molar-refractivity contribution in [2.24, 2.45) is 5.92 Å². The summed E-state index contributed by atoms with van der Waals surface area (Å²) in [5.74, 6) is 0.351. The minimum atomic E-state index is -3.52. The third-order valence-electron chi connectivity index (χ3n) is 2.61. The van der Waals surface area contributed by atoms with Gasteiger partial charge in [0, 0.05) is 13.1 Å². The van der Waals surface area contributed by atoms with Crippen LogP contribution in [0.5, 0.6) is 0 Å². The van der Waals surface area contributed by atoms with Crippen LogP contribution in [-0.4, -0.2) is 36.0 Å². The Balaban J connectivity index is 3.22. The van der Waals surface area contributed by atoms with Gasteiger partial charge in [0.1, 0.15) is 4.90 Å². The van der Waals surface area contributed by atoms with Gasteiger partial charge >= 0.3 is 0 Å². The fourth-order valence-electron chi connectivity index (χ4n) is 1.84. The summed E-state index contributed by atoms with van der Waals surface area (Å²) in [4.78, 5) is 0.222. The third-order valence-corrected chi connectivity index (χ3v) is 5.01. The highest BCUT2D eigenvalue weighted by molar-refractivity contribution is 7.89. The van der Waals surface area contributed by atoms with Crippen LogP contribution >= 0.6 is 11.6 Å². The number of aromatic amines is 1. The van der Waals surface area contributed by atoms with Crippen molar-refractivity contribution in [2.45, 2.75) is 38.5 Å². The van der Waals surface area contributed by atoms with E-state index in [0.717, 1.165) is 0 Å². The van der Waals surface area contributed by atoms with Crippen LogP contribution in [0, 0.1) is 12.8 Å². The Kier molecular flexibility index (Phi) is 5.19. The molecular formula is C11H20ClN3O2S. The maximum atomic E-state index is 12.6. The van der Waals surface area contributed by atoms with Crippen molar-refractivity contribution in [2.75, 3.05) is 13.1 Å². The van der Waals surface area contributed by atoms with Gasteiger partial charge in [-0.05, 0) is 12.8 Å². The molecule has 0 amide bonds. The van der Waals surface area contributed by atoms with E-state index in [1.165, 1.54) is 4.31 Å². The summed E-state index contributed by atoms with van der Waals surface area (Å²) >= 11 is 5.74. The molecule has 0 saturated carbocycles. The average Bonchev–Trinajstić information content (AvgIpc) is 2.67. The van der Waals surface area contributed by atoms with E-state index in [4.69, 9.17) is 11.6 Å². The Morgan fingerprint density at radius 1 is 1.44 bits per heavy atom. The second-order valence-corrected chi connectivity index (χ2v) is 6.75. The van der Waals surface area contributed by atoms with Crippen molar-refractivity contribution < 1.29 is 8.42 Å². The fourth-order valence-corrected chi connectivity index (χ4v) is 4.05. The maximum Gasteiger partial charge on any atom is 0.246 e. The molecule has 1 N–H and O–H groups in total. The summed E-state index contributed by atoms with van der Waals surface area (Å²) in [6, 6.07) is 0. The molecule has 0 bridgehead atoms. The van der Waals surface area contributed by atoms with Gasteiger partial charge in [-0.1, -0.05) is 20.8 Å². The summed E-state index contributed by atoms with van der Waals surface area (Å²) in [5.41, 5.74) is 0.921. The number of sulfonamides is 1. The number of halogens is 1. The molecule has 0 saturated heterocycles. The van der Waals surface area contributed by atoms with Crippen molar-refractivity contribution in [3.63, 3.8) is 0 Å². The number of aryl methyl sites for hydroxylation is 1. The first kappa shape index (κ1) is 15.5. The zero-order valence-electron chi connectivity index (χ0n) is 11.2. The lowest BCUT2D eigenvalue weighted by Gasteiger charge is -2.22. The monoisotopic (exact) mass is 293 g/mol. The van der Waals surface area contributed by atoms with Crippen LogP contribution in [-0.2, 0) is 15.9 Å². The second kappa shape index (κ2) is 6.04. The first-order valence-corrected chi connectivity index (χ1v) is 7.92. The number of nitrogens with zero attached hydrogens (tertiary/aromatic N) is 2. The van der Waals surface area contributed by atoms with E-state index in [-0.39, 0.29) is 16.7 Å². The first-order valence-electron chi connectivity index (χ1n) is 5.94. The van der Waals surface area contributed by atoms with Gasteiger partial charge < -0.3 is 0 Å². The fraction of sp³-hybridized carbons (Fsp3) is 0.727. The molecule has 7 heteroatoms. The minimum absolute atomic E-state index is 0.0815. The summed E-state index contributed by atoms with van der Waals surface area (Å²) in [6.07, 6.45) is 0. The Bertz CT molecular complexity index is 496. The van der Waals surface area contributed by atoms with Gasteiger partial charge in [-0.2, -0.15) is 9.40 Å². The normalized spacial score (nSPS) is 12.6. The zero-order valence-corrected chi connectivity index (χ0v) is 12.8. The Hall–Kier alpha value is -0.590. The standard InChI is InChI=1S/C11H20ClN3O2S/c1-5-15(7-8(2)3)18(16,17)11-9(4)13-14-10(11)6-12/h8H,5-7H2,1-4H3,(H,13,14). The quantitative estimate of drug-likeness (QED) is 0.817. The second-order valence-electron chi connectivity index (χ2n) is 4.61. The zero-order chi connectivity index (χ0) is 13.9. The van der Waals surface area contributed by atoms with Gasteiger partial charge in [0.15, 0.2) is 0 Å². The lowest BCUT2D eigenvalue weighted by Crippen LogP contribution is -2.34. The van der Waals surface area contributed by atoms with Crippen molar-refractivity contribution in [3.8, 4) is 0 Å². The van der Waals surface area contributed by atoms with Crippen LogP contribution in [0.25, 0.3) is 0 Å². The van der Waals surface area contributed by atoms with E-state index in [1.54, 1.807) is 6.92 Å². The number of rotatable bonds is 6. The number of aromatic nitrogens is 2. The minimum Gasteiger partial charge on any atom is -0.281 e. The van der Waals surface area contributed by atoms with Crippen LogP contribution in [0.4, 0.5) is 0 Å². The molecule has 0 spiro atoms. The van der Waals surface area contributed by atoms with E-state index in [1.807, 2.05) is 20.8 Å². The molecule has 1 aromatic heterocycles. The summed E-state index contributed by atoms with van der Waals surface area (Å²) in [7, 11) is -3.52. The molecule has 0 aliphatic carbocycles. The first-order chi connectivity index (χ1) is 8.34. The van der Waals surface area contributed by atoms with Crippen molar-refractivity contribution >= 4 is 21.6 Å². The smallest absolute Gasteiger partial charge is 0.246 e. The molecule has 18 heavy (non-hydrogen) atoms. The van der Waals surface area contributed by atoms with Gasteiger partial charge in [-0.15, -0.1) is 11.6 Å². The predicted molar refractivity (Wildman–Crippen MR) is 72.2 cm³/mol. The van der Waals surface area contributed by atoms with E-state index < -0.39 is 10.0 Å². The molecule has 1 rings (SSSR count). The molecule has 0 fully saturated rings. The molecule has 1 aromatic rings. The van der Waals surface area contributed by atoms with E-state index >= 15 is 0 Å². The van der Waals surface area contributed by atoms with E-state index in [2.05, 4.69) is 10.2 Å². The number of H-pyrrole nitrogens is 1. The molecule has 0 atom stereocenters. The maximum absolute atomic E-state index is 12.6. The average molecular weight is 294 g/mol. The topological polar surface area (TPSA) is 66.1 Å². The summed E-state index contributed by atoms with van der Waals surface area (Å²) in [6.45, 7) is 8.43. The highest BCUT2D eigenvalue weighted by Gasteiger charge is 2.29. The van der Waals surface area contributed by atoms with Gasteiger partial charge in [-0.3, -0.25) is 5.10 Å². The molecule has 0 unspecified atom stereocenters. The Morgan fingerprint density at radius 3 is 2.50 bits per heavy atom. The van der Waals surface area contributed by atoms with Crippen molar-refractivity contribution in [1.29, 1.82) is 0 Å². The van der Waals surface area contributed by atoms with E-state index in [0.29, 0.717) is 24.5 Å². The van der Waals surface area contributed by atoms with Crippen LogP contribution < -0.4 is 0 Å². The van der Waals surface area contributed by atoms with Crippen LogP contribution in [0.3, 0.4) is 0 Å². The lowest BCUT2D eigenvalue weighted by atomic mass is 10.2. The van der Waals surface area contributed by atoms with Crippen LogP contribution in [0.2, 0.25) is 0 Å². The molecule has 0 aromatic carbocycles. The highest BCUT2D eigenvalue weighted by atomic mass is 35.5. The summed E-state index contributed by atoms with van der Waals surface area (Å²) < 4.78 is 26.6. The molecular weight excluding hydrogens is 274 g/mol. The Morgan fingerprint density at radius 2 is 2.06 bits per heavy atom. The van der Waals surface area contributed by atoms with Gasteiger partial charge in [0.05, 0.1) is 17.3 Å². The third kappa shape index (κ3) is 3.05. The SMILES string of the molecule is CCN(CC(C)C)S(=O)(=O)c1c(CCl)n[nH]c1C. The largest absolute Gasteiger partial charge is 0.281 e. The predicted octanol–water partition coefficient (Wildman–Crippen LogP) is 2.12.